The number of carbonyl (C=O) groups excluding carboxylic acids is 2. The molecule has 0 aromatic carbocycles. The van der Waals surface area contributed by atoms with E-state index < -0.39 is 30.1 Å². The number of ether oxygens (including phenoxy) is 2. The number of hydrogen-bond acceptors (Lipinski definition) is 5. The average Bonchev–Trinajstić information content (AvgIpc) is 2.71. The largest absolute Gasteiger partial charge is 0.461 e. The molecule has 0 aromatic heterocycles. The van der Waals surface area contributed by atoms with Crippen molar-refractivity contribution >= 4 is 11.9 Å². The van der Waals surface area contributed by atoms with Crippen LogP contribution in [0.1, 0.15) is 52.9 Å². The molecule has 4 atom stereocenters. The van der Waals surface area contributed by atoms with Crippen LogP contribution in [0, 0.1) is 17.3 Å². The Kier molecular flexibility index (Phi) is 5.27. The first-order valence-corrected chi connectivity index (χ1v) is 8.01. The van der Waals surface area contributed by atoms with E-state index in [1.54, 1.807) is 20.8 Å². The van der Waals surface area contributed by atoms with Crippen LogP contribution < -0.4 is 0 Å². The van der Waals surface area contributed by atoms with Gasteiger partial charge < -0.3 is 14.6 Å². The molecule has 1 N–H and O–H groups in total. The summed E-state index contributed by atoms with van der Waals surface area (Å²) in [6.45, 7) is 5.24. The molecule has 2 bridgehead atoms. The quantitative estimate of drug-likeness (QED) is 0.374. The molecular formula is C17H26O5. The lowest BCUT2D eigenvalue weighted by Crippen LogP contribution is -2.33. The highest BCUT2D eigenvalue weighted by molar-refractivity contribution is 5.91. The van der Waals surface area contributed by atoms with Crippen molar-refractivity contribution in [3.63, 3.8) is 0 Å². The molecule has 1 saturated carbocycles. The lowest BCUT2D eigenvalue weighted by molar-refractivity contribution is -0.189. The molecule has 5 heteroatoms. The summed E-state index contributed by atoms with van der Waals surface area (Å²) in [6, 6.07) is 0. The number of rotatable bonds is 4. The van der Waals surface area contributed by atoms with Crippen LogP contribution in [0.5, 0.6) is 0 Å². The van der Waals surface area contributed by atoms with Gasteiger partial charge in [0, 0.05) is 11.3 Å². The average molecular weight is 310 g/mol. The van der Waals surface area contributed by atoms with E-state index in [0.717, 1.165) is 25.7 Å². The highest BCUT2D eigenvalue weighted by Crippen LogP contribution is 2.35. The third-order valence-electron chi connectivity index (χ3n) is 4.36. The van der Waals surface area contributed by atoms with Crippen molar-refractivity contribution in [2.45, 2.75) is 65.3 Å². The number of allylic oxidation sites excluding steroid dienone is 1. The van der Waals surface area contributed by atoms with Crippen molar-refractivity contribution < 1.29 is 24.2 Å². The highest BCUT2D eigenvalue weighted by Gasteiger charge is 2.32. The summed E-state index contributed by atoms with van der Waals surface area (Å²) in [5, 5.41) is 9.71. The SMILES string of the molecule is CC(C)(C)C(O)OC(=O)CC(=O)OC1CCC2C=CC1CC2. The zero-order chi connectivity index (χ0) is 16.3. The monoisotopic (exact) mass is 310 g/mol. The Morgan fingerprint density at radius 2 is 1.82 bits per heavy atom. The summed E-state index contributed by atoms with van der Waals surface area (Å²) in [5.74, 6) is -0.457. The number of aliphatic hydroxyl groups is 1. The van der Waals surface area contributed by atoms with Gasteiger partial charge in [-0.05, 0) is 31.6 Å². The van der Waals surface area contributed by atoms with E-state index in [1.807, 2.05) is 0 Å². The minimum absolute atomic E-state index is 0.142. The smallest absolute Gasteiger partial charge is 0.319 e. The van der Waals surface area contributed by atoms with Gasteiger partial charge in [0.05, 0.1) is 0 Å². The third kappa shape index (κ3) is 4.57. The van der Waals surface area contributed by atoms with Gasteiger partial charge >= 0.3 is 11.9 Å². The topological polar surface area (TPSA) is 72.8 Å². The Morgan fingerprint density at radius 3 is 2.41 bits per heavy atom. The first-order valence-electron chi connectivity index (χ1n) is 8.01. The fraction of sp³-hybridized carbons (Fsp3) is 0.765. The van der Waals surface area contributed by atoms with Gasteiger partial charge in [0.25, 0.3) is 0 Å². The van der Waals surface area contributed by atoms with Gasteiger partial charge in [-0.15, -0.1) is 0 Å². The third-order valence-corrected chi connectivity index (χ3v) is 4.36. The van der Waals surface area contributed by atoms with Crippen LogP contribution in [0.25, 0.3) is 0 Å². The van der Waals surface area contributed by atoms with Crippen LogP contribution in [-0.4, -0.2) is 29.4 Å². The van der Waals surface area contributed by atoms with E-state index in [2.05, 4.69) is 12.2 Å². The zero-order valence-corrected chi connectivity index (χ0v) is 13.6. The minimum atomic E-state index is -1.23. The second-order valence-corrected chi connectivity index (χ2v) is 7.38. The van der Waals surface area contributed by atoms with E-state index in [4.69, 9.17) is 9.47 Å². The minimum Gasteiger partial charge on any atom is -0.461 e. The van der Waals surface area contributed by atoms with Crippen molar-refractivity contribution in [3.05, 3.63) is 12.2 Å². The summed E-state index contributed by atoms with van der Waals surface area (Å²) < 4.78 is 10.3. The lowest BCUT2D eigenvalue weighted by Gasteiger charge is -2.25. The van der Waals surface area contributed by atoms with Gasteiger partial charge in [-0.25, -0.2) is 0 Å². The van der Waals surface area contributed by atoms with Gasteiger partial charge in [0.15, 0.2) is 0 Å². The summed E-state index contributed by atoms with van der Waals surface area (Å²) >= 11 is 0. The van der Waals surface area contributed by atoms with Crippen LogP contribution in [0.4, 0.5) is 0 Å². The van der Waals surface area contributed by atoms with Gasteiger partial charge in [-0.1, -0.05) is 32.9 Å². The molecule has 0 aromatic rings. The molecule has 0 aliphatic heterocycles. The van der Waals surface area contributed by atoms with E-state index in [0.29, 0.717) is 5.92 Å². The molecule has 3 aliphatic rings. The number of esters is 2. The maximum atomic E-state index is 11.9. The van der Waals surface area contributed by atoms with Crippen molar-refractivity contribution in [3.8, 4) is 0 Å². The van der Waals surface area contributed by atoms with E-state index in [-0.39, 0.29) is 12.0 Å². The summed E-state index contributed by atoms with van der Waals surface area (Å²) in [4.78, 5) is 23.6. The van der Waals surface area contributed by atoms with Crippen LogP contribution >= 0.6 is 0 Å². The second-order valence-electron chi connectivity index (χ2n) is 7.38. The predicted octanol–water partition coefficient (Wildman–Crippen LogP) is 2.57. The molecule has 0 radical (unpaired) electrons. The number of carbonyl (C=O) groups is 2. The number of fused-ring (bicyclic) bond motifs is 3. The Labute approximate surface area is 131 Å². The molecule has 1 fully saturated rings. The normalized spacial score (nSPS) is 28.8. The second kappa shape index (κ2) is 6.82. The van der Waals surface area contributed by atoms with Crippen LogP contribution in [0.15, 0.2) is 12.2 Å². The van der Waals surface area contributed by atoms with E-state index >= 15 is 0 Å². The molecule has 0 heterocycles. The van der Waals surface area contributed by atoms with Crippen molar-refractivity contribution in [2.24, 2.45) is 17.3 Å². The lowest BCUT2D eigenvalue weighted by atomic mass is 9.90. The van der Waals surface area contributed by atoms with E-state index in [1.165, 1.54) is 0 Å². The first kappa shape index (κ1) is 17.0. The summed E-state index contributed by atoms with van der Waals surface area (Å²) in [7, 11) is 0. The summed E-state index contributed by atoms with van der Waals surface area (Å²) in [6.07, 6.45) is 6.58. The van der Waals surface area contributed by atoms with Crippen LogP contribution in [-0.2, 0) is 19.1 Å². The Hall–Kier alpha value is -1.36. The molecule has 5 nitrogen and oxygen atoms in total. The van der Waals surface area contributed by atoms with Gasteiger partial charge in [0.1, 0.15) is 12.5 Å². The molecule has 4 unspecified atom stereocenters. The van der Waals surface area contributed by atoms with Crippen LogP contribution in [0.3, 0.4) is 0 Å². The maximum Gasteiger partial charge on any atom is 0.319 e. The number of aliphatic hydroxyl groups excluding tert-OH is 1. The van der Waals surface area contributed by atoms with Gasteiger partial charge in [-0.2, -0.15) is 0 Å². The molecule has 0 amide bonds. The predicted molar refractivity (Wildman–Crippen MR) is 80.6 cm³/mol. The van der Waals surface area contributed by atoms with Crippen molar-refractivity contribution in [2.75, 3.05) is 0 Å². The fourth-order valence-corrected chi connectivity index (χ4v) is 2.86. The molecule has 22 heavy (non-hydrogen) atoms. The standard InChI is InChI=1S/C17H26O5/c1-17(2,3)16(20)22-15(19)10-14(18)21-13-9-6-11-4-7-12(13)8-5-11/h4,7,11-13,16,20H,5-6,8-10H2,1-3H3. The highest BCUT2D eigenvalue weighted by atomic mass is 16.6. The molecule has 124 valence electrons. The van der Waals surface area contributed by atoms with Crippen molar-refractivity contribution in [1.82, 2.24) is 0 Å². The molecule has 0 spiro atoms. The van der Waals surface area contributed by atoms with Crippen molar-refractivity contribution in [1.29, 1.82) is 0 Å². The zero-order valence-electron chi connectivity index (χ0n) is 13.6. The maximum absolute atomic E-state index is 11.9. The summed E-state index contributed by atoms with van der Waals surface area (Å²) in [5.41, 5.74) is -0.579. The number of hydrogen-bond donors (Lipinski definition) is 1. The molecule has 3 rings (SSSR count). The molecule has 0 saturated heterocycles. The fourth-order valence-electron chi connectivity index (χ4n) is 2.86. The Morgan fingerprint density at radius 1 is 1.14 bits per heavy atom. The van der Waals surface area contributed by atoms with E-state index in [9.17, 15) is 14.7 Å². The first-order chi connectivity index (χ1) is 10.3. The molecule has 3 aliphatic carbocycles. The molecular weight excluding hydrogens is 284 g/mol. The van der Waals surface area contributed by atoms with Gasteiger partial charge in [-0.3, -0.25) is 9.59 Å². The van der Waals surface area contributed by atoms with Crippen LogP contribution in [0.2, 0.25) is 0 Å². The Bertz CT molecular complexity index is 448. The Balaban J connectivity index is 1.80. The van der Waals surface area contributed by atoms with Gasteiger partial charge in [0.2, 0.25) is 6.29 Å².